The van der Waals surface area contributed by atoms with Gasteiger partial charge in [-0.3, -0.25) is 0 Å². The number of rotatable bonds is 5. The first-order valence-corrected chi connectivity index (χ1v) is 7.95. The third kappa shape index (κ3) is 3.17. The number of sulfone groups is 1. The zero-order valence-electron chi connectivity index (χ0n) is 10.7. The van der Waals surface area contributed by atoms with Gasteiger partial charge in [-0.2, -0.15) is 4.98 Å². The second-order valence-corrected chi connectivity index (χ2v) is 7.07. The molecule has 1 aromatic heterocycles. The molecule has 2 rings (SSSR count). The van der Waals surface area contributed by atoms with Crippen molar-refractivity contribution in [3.63, 3.8) is 0 Å². The second kappa shape index (κ2) is 5.90. The van der Waals surface area contributed by atoms with E-state index in [0.717, 1.165) is 0 Å². The van der Waals surface area contributed by atoms with E-state index in [9.17, 15) is 8.42 Å². The first-order chi connectivity index (χ1) is 9.44. The zero-order chi connectivity index (χ0) is 14.8. The highest BCUT2D eigenvalue weighted by Gasteiger charge is 2.27. The minimum atomic E-state index is -3.51. The van der Waals surface area contributed by atoms with Gasteiger partial charge >= 0.3 is 0 Å². The van der Waals surface area contributed by atoms with Gasteiger partial charge in [-0.1, -0.05) is 16.8 Å². The van der Waals surface area contributed by atoms with Crippen LogP contribution < -0.4 is 0 Å². The molecule has 0 aliphatic carbocycles. The lowest BCUT2D eigenvalue weighted by Gasteiger charge is -2.06. The Morgan fingerprint density at radius 2 is 2.00 bits per heavy atom. The topological polar surface area (TPSA) is 93.3 Å². The number of benzene rings is 1. The van der Waals surface area contributed by atoms with Crippen LogP contribution in [0.15, 0.2) is 28.8 Å². The number of aromatic nitrogens is 2. The lowest BCUT2D eigenvalue weighted by molar-refractivity contribution is 0.318. The molecule has 0 spiro atoms. The van der Waals surface area contributed by atoms with Crippen molar-refractivity contribution in [2.45, 2.75) is 12.2 Å². The van der Waals surface area contributed by atoms with E-state index in [-0.39, 0.29) is 11.6 Å². The molecule has 0 aliphatic heterocycles. The molecule has 1 heterocycles. The number of hydrogen-bond acceptors (Lipinski definition) is 6. The fourth-order valence-corrected chi connectivity index (χ4v) is 2.71. The molecule has 1 aromatic carbocycles. The van der Waals surface area contributed by atoms with Gasteiger partial charge in [0.15, 0.2) is 9.84 Å². The Bertz CT molecular complexity index is 682. The fraction of sp³-hybridized carbons (Fsp3) is 0.333. The molecule has 0 unspecified atom stereocenters. The first kappa shape index (κ1) is 15.0. The van der Waals surface area contributed by atoms with Gasteiger partial charge in [0.1, 0.15) is 5.25 Å². The highest BCUT2D eigenvalue weighted by atomic mass is 35.5. The van der Waals surface area contributed by atoms with Gasteiger partial charge in [0.2, 0.25) is 11.7 Å². The van der Waals surface area contributed by atoms with E-state index in [0.29, 0.717) is 16.4 Å². The Hall–Kier alpha value is -1.44. The predicted molar refractivity (Wildman–Crippen MR) is 74.0 cm³/mol. The number of aliphatic hydroxyl groups excluding tert-OH is 1. The summed E-state index contributed by atoms with van der Waals surface area (Å²) < 4.78 is 28.6. The van der Waals surface area contributed by atoms with Crippen molar-refractivity contribution in [1.29, 1.82) is 0 Å². The molecule has 0 saturated carbocycles. The van der Waals surface area contributed by atoms with Gasteiger partial charge in [-0.05, 0) is 31.2 Å². The molecule has 2 aromatic rings. The summed E-state index contributed by atoms with van der Waals surface area (Å²) >= 11 is 5.78. The van der Waals surface area contributed by atoms with Gasteiger partial charge < -0.3 is 9.63 Å². The summed E-state index contributed by atoms with van der Waals surface area (Å²) in [5.41, 5.74) is 0.677. The maximum absolute atomic E-state index is 11.8. The van der Waals surface area contributed by atoms with Crippen LogP contribution in [0.4, 0.5) is 0 Å². The molecule has 6 nitrogen and oxygen atoms in total. The third-order valence-electron chi connectivity index (χ3n) is 2.81. The maximum Gasteiger partial charge on any atom is 0.245 e. The van der Waals surface area contributed by atoms with E-state index >= 15 is 0 Å². The van der Waals surface area contributed by atoms with E-state index in [1.165, 1.54) is 6.92 Å². The second-order valence-electron chi connectivity index (χ2n) is 4.20. The Morgan fingerprint density at radius 3 is 2.60 bits per heavy atom. The van der Waals surface area contributed by atoms with Gasteiger partial charge in [0, 0.05) is 10.6 Å². The van der Waals surface area contributed by atoms with Gasteiger partial charge in [-0.25, -0.2) is 8.42 Å². The summed E-state index contributed by atoms with van der Waals surface area (Å²) in [6.07, 6.45) is 0. The molecule has 0 saturated heterocycles. The van der Waals surface area contributed by atoms with Crippen LogP contribution in [-0.4, -0.2) is 36.0 Å². The average molecular weight is 317 g/mol. The quantitative estimate of drug-likeness (QED) is 0.905. The molecule has 0 fully saturated rings. The number of hydrogen-bond donors (Lipinski definition) is 1. The summed E-state index contributed by atoms with van der Waals surface area (Å²) in [5, 5.41) is 12.1. The van der Waals surface area contributed by atoms with Gasteiger partial charge in [0.05, 0.1) is 12.4 Å². The molecule has 20 heavy (non-hydrogen) atoms. The van der Waals surface area contributed by atoms with Crippen molar-refractivity contribution in [1.82, 2.24) is 10.1 Å². The maximum atomic E-state index is 11.8. The van der Waals surface area contributed by atoms with E-state index in [1.807, 2.05) is 0 Å². The van der Waals surface area contributed by atoms with E-state index in [1.54, 1.807) is 24.3 Å². The van der Waals surface area contributed by atoms with Gasteiger partial charge in [0.25, 0.3) is 0 Å². The van der Waals surface area contributed by atoms with Crippen molar-refractivity contribution in [3.8, 4) is 11.4 Å². The molecule has 0 aliphatic rings. The Labute approximate surface area is 121 Å². The third-order valence-corrected chi connectivity index (χ3v) is 5.09. The van der Waals surface area contributed by atoms with Crippen LogP contribution in [0.1, 0.15) is 18.1 Å². The Morgan fingerprint density at radius 1 is 1.35 bits per heavy atom. The molecular weight excluding hydrogens is 304 g/mol. The predicted octanol–water partition coefficient (Wildman–Crippen LogP) is 1.86. The highest BCUT2D eigenvalue weighted by molar-refractivity contribution is 7.91. The molecule has 1 N–H and O–H groups in total. The van der Waals surface area contributed by atoms with Gasteiger partial charge in [-0.15, -0.1) is 0 Å². The SMILES string of the molecule is C[C@H](c1nc(-c2ccc(Cl)cc2)no1)S(=O)(=O)CCO. The highest BCUT2D eigenvalue weighted by Crippen LogP contribution is 2.24. The standard InChI is InChI=1S/C12H13ClN2O4S/c1-8(20(17,18)7-6-16)12-14-11(15-19-12)9-2-4-10(13)5-3-9/h2-5,8,16H,6-7H2,1H3/t8-/m1/s1. The number of aliphatic hydroxyl groups is 1. The summed E-state index contributed by atoms with van der Waals surface area (Å²) in [6, 6.07) is 6.78. The van der Waals surface area contributed by atoms with Crippen LogP contribution in [0.25, 0.3) is 11.4 Å². The summed E-state index contributed by atoms with van der Waals surface area (Å²) in [6.45, 7) is 1.01. The molecule has 8 heteroatoms. The zero-order valence-corrected chi connectivity index (χ0v) is 12.2. The van der Waals surface area contributed by atoms with Crippen molar-refractivity contribution in [2.24, 2.45) is 0 Å². The smallest absolute Gasteiger partial charge is 0.245 e. The molecular formula is C12H13ClN2O4S. The largest absolute Gasteiger partial charge is 0.395 e. The van der Waals surface area contributed by atoms with Crippen LogP contribution in [-0.2, 0) is 9.84 Å². The fourth-order valence-electron chi connectivity index (χ4n) is 1.57. The average Bonchev–Trinajstić information content (AvgIpc) is 2.88. The minimum absolute atomic E-state index is 0.00315. The molecule has 108 valence electrons. The Kier molecular flexibility index (Phi) is 4.42. The van der Waals surface area contributed by atoms with Crippen LogP contribution in [0.3, 0.4) is 0 Å². The lowest BCUT2D eigenvalue weighted by Crippen LogP contribution is -2.16. The minimum Gasteiger partial charge on any atom is -0.395 e. The molecule has 0 radical (unpaired) electrons. The summed E-state index contributed by atoms with van der Waals surface area (Å²) in [5.74, 6) is -0.0431. The number of halogens is 1. The van der Waals surface area contributed by atoms with Crippen LogP contribution in [0.2, 0.25) is 5.02 Å². The van der Waals surface area contributed by atoms with Crippen LogP contribution >= 0.6 is 11.6 Å². The first-order valence-electron chi connectivity index (χ1n) is 5.86. The van der Waals surface area contributed by atoms with Crippen molar-refractivity contribution < 1.29 is 18.0 Å². The normalized spacial score (nSPS) is 13.3. The molecule has 0 bridgehead atoms. The van der Waals surface area contributed by atoms with E-state index < -0.39 is 21.7 Å². The van der Waals surface area contributed by atoms with E-state index in [2.05, 4.69) is 10.1 Å². The van der Waals surface area contributed by atoms with Crippen LogP contribution in [0, 0.1) is 0 Å². The summed E-state index contributed by atoms with van der Waals surface area (Å²) in [4.78, 5) is 4.08. The lowest BCUT2D eigenvalue weighted by atomic mass is 10.2. The van der Waals surface area contributed by atoms with Crippen molar-refractivity contribution in [3.05, 3.63) is 35.2 Å². The number of nitrogens with zero attached hydrogens (tertiary/aromatic N) is 2. The monoisotopic (exact) mass is 316 g/mol. The summed E-state index contributed by atoms with van der Waals surface area (Å²) in [7, 11) is -3.51. The van der Waals surface area contributed by atoms with Crippen LogP contribution in [0.5, 0.6) is 0 Å². The molecule has 1 atom stereocenters. The Balaban J connectivity index is 2.27. The van der Waals surface area contributed by atoms with E-state index in [4.69, 9.17) is 21.2 Å². The van der Waals surface area contributed by atoms with Crippen molar-refractivity contribution in [2.75, 3.05) is 12.4 Å². The molecule has 0 amide bonds. The van der Waals surface area contributed by atoms with Crippen molar-refractivity contribution >= 4 is 21.4 Å².